The summed E-state index contributed by atoms with van der Waals surface area (Å²) in [5, 5.41) is 12.9. The van der Waals surface area contributed by atoms with E-state index >= 15 is 0 Å². The third-order valence-corrected chi connectivity index (χ3v) is 9.46. The molecule has 2 fully saturated rings. The lowest BCUT2D eigenvalue weighted by Gasteiger charge is -2.34. The van der Waals surface area contributed by atoms with Crippen LogP contribution in [0.2, 0.25) is 0 Å². The van der Waals surface area contributed by atoms with Crippen LogP contribution in [-0.2, 0) is 20.9 Å². The lowest BCUT2D eigenvalue weighted by Crippen LogP contribution is -2.61. The largest absolute Gasteiger partial charge is 0.481 e. The smallest absolute Gasteiger partial charge is 0.408 e. The molecular formula is C34H37N3O5. The fourth-order valence-electron chi connectivity index (χ4n) is 6.99. The molecule has 2 heterocycles. The molecule has 0 saturated carbocycles. The SMILES string of the molecule is CCC1(C(=O)O)CCN(C(=O)C2(NC(=O)OCC3c4ccccc4-c4ccccc43)CCN(Cc3ccccc3)C2)C1. The van der Waals surface area contributed by atoms with E-state index in [0.29, 0.717) is 45.4 Å². The van der Waals surface area contributed by atoms with Crippen molar-refractivity contribution >= 4 is 18.0 Å². The lowest BCUT2D eigenvalue weighted by atomic mass is 9.84. The third-order valence-electron chi connectivity index (χ3n) is 9.46. The van der Waals surface area contributed by atoms with Crippen LogP contribution in [0.3, 0.4) is 0 Å². The quantitative estimate of drug-likeness (QED) is 0.403. The van der Waals surface area contributed by atoms with Crippen LogP contribution in [0.1, 0.15) is 48.8 Å². The van der Waals surface area contributed by atoms with Gasteiger partial charge < -0.3 is 20.1 Å². The van der Waals surface area contributed by atoms with Crippen LogP contribution in [0.5, 0.6) is 0 Å². The summed E-state index contributed by atoms with van der Waals surface area (Å²) in [5.41, 5.74) is 3.50. The normalized spacial score (nSPS) is 23.4. The molecule has 2 aliphatic heterocycles. The number of carboxylic acid groups (broad SMARTS) is 1. The molecule has 0 spiro atoms. The number of aliphatic carboxylic acids is 1. The van der Waals surface area contributed by atoms with Crippen LogP contribution in [-0.4, -0.2) is 71.2 Å². The summed E-state index contributed by atoms with van der Waals surface area (Å²) in [6.07, 6.45) is 0.634. The van der Waals surface area contributed by atoms with Gasteiger partial charge in [0.05, 0.1) is 5.41 Å². The summed E-state index contributed by atoms with van der Waals surface area (Å²) in [6.45, 7) is 4.10. The Morgan fingerprint density at radius 3 is 2.14 bits per heavy atom. The number of ether oxygens (including phenoxy) is 1. The van der Waals surface area contributed by atoms with Gasteiger partial charge in [0.1, 0.15) is 12.1 Å². The average Bonchev–Trinajstić information content (AvgIpc) is 3.72. The molecule has 42 heavy (non-hydrogen) atoms. The Bertz CT molecular complexity index is 1450. The van der Waals surface area contributed by atoms with Crippen molar-refractivity contribution in [2.24, 2.45) is 5.41 Å². The van der Waals surface area contributed by atoms with Crippen LogP contribution in [0.15, 0.2) is 78.9 Å². The predicted molar refractivity (Wildman–Crippen MR) is 159 cm³/mol. The van der Waals surface area contributed by atoms with E-state index in [1.807, 2.05) is 61.5 Å². The van der Waals surface area contributed by atoms with Crippen molar-refractivity contribution in [1.82, 2.24) is 15.1 Å². The van der Waals surface area contributed by atoms with Crippen LogP contribution in [0.25, 0.3) is 11.1 Å². The zero-order valence-electron chi connectivity index (χ0n) is 23.9. The topological polar surface area (TPSA) is 99.2 Å². The molecule has 0 radical (unpaired) electrons. The molecule has 0 bridgehead atoms. The Labute approximate surface area is 246 Å². The van der Waals surface area contributed by atoms with Crippen LogP contribution >= 0.6 is 0 Å². The minimum Gasteiger partial charge on any atom is -0.481 e. The van der Waals surface area contributed by atoms with E-state index in [9.17, 15) is 19.5 Å². The molecule has 3 aromatic rings. The van der Waals surface area contributed by atoms with Gasteiger partial charge in [-0.05, 0) is 47.1 Å². The van der Waals surface area contributed by atoms with E-state index < -0.39 is 23.0 Å². The summed E-state index contributed by atoms with van der Waals surface area (Å²) in [7, 11) is 0. The number of alkyl carbamates (subject to hydrolysis) is 1. The molecule has 1 aliphatic carbocycles. The highest BCUT2D eigenvalue weighted by molar-refractivity contribution is 5.92. The van der Waals surface area contributed by atoms with Gasteiger partial charge in [-0.25, -0.2) is 4.79 Å². The van der Waals surface area contributed by atoms with Gasteiger partial charge in [0.25, 0.3) is 0 Å². The summed E-state index contributed by atoms with van der Waals surface area (Å²) in [4.78, 5) is 43.5. The Morgan fingerprint density at radius 2 is 1.52 bits per heavy atom. The number of fused-ring (bicyclic) bond motifs is 3. The maximum atomic E-state index is 14.2. The average molecular weight is 568 g/mol. The first-order chi connectivity index (χ1) is 20.3. The molecular weight excluding hydrogens is 530 g/mol. The minimum absolute atomic E-state index is 0.0905. The number of likely N-dealkylation sites (tertiary alicyclic amines) is 2. The van der Waals surface area contributed by atoms with Crippen LogP contribution in [0.4, 0.5) is 4.79 Å². The van der Waals surface area contributed by atoms with Crippen molar-refractivity contribution in [3.8, 4) is 11.1 Å². The van der Waals surface area contributed by atoms with Crippen LogP contribution < -0.4 is 5.32 Å². The third kappa shape index (κ3) is 5.04. The fraction of sp³-hybridized carbons (Fsp3) is 0.382. The first kappa shape index (κ1) is 28.0. The van der Waals surface area contributed by atoms with Crippen LogP contribution in [0, 0.1) is 5.41 Å². The molecule has 2 saturated heterocycles. The van der Waals surface area contributed by atoms with Crippen molar-refractivity contribution in [2.75, 3.05) is 32.8 Å². The second-order valence-electron chi connectivity index (χ2n) is 11.9. The zero-order valence-corrected chi connectivity index (χ0v) is 23.9. The highest BCUT2D eigenvalue weighted by Crippen LogP contribution is 2.44. The van der Waals surface area contributed by atoms with Gasteiger partial charge in [-0.3, -0.25) is 14.5 Å². The number of nitrogens with one attached hydrogen (secondary N) is 1. The molecule has 2 N–H and O–H groups in total. The van der Waals surface area contributed by atoms with Gasteiger partial charge in [0.2, 0.25) is 5.91 Å². The van der Waals surface area contributed by atoms with E-state index in [0.717, 1.165) is 27.8 Å². The van der Waals surface area contributed by atoms with Gasteiger partial charge in [-0.15, -0.1) is 0 Å². The number of hydrogen-bond acceptors (Lipinski definition) is 5. The van der Waals surface area contributed by atoms with Crippen molar-refractivity contribution in [3.63, 3.8) is 0 Å². The summed E-state index contributed by atoms with van der Waals surface area (Å²) >= 11 is 0. The number of benzene rings is 3. The molecule has 2 unspecified atom stereocenters. The number of carboxylic acids is 1. The van der Waals surface area contributed by atoms with E-state index in [1.165, 1.54) is 0 Å². The molecule has 218 valence electrons. The predicted octanol–water partition coefficient (Wildman–Crippen LogP) is 4.88. The van der Waals surface area contributed by atoms with Gasteiger partial charge in [-0.2, -0.15) is 0 Å². The van der Waals surface area contributed by atoms with E-state index in [2.05, 4.69) is 34.5 Å². The molecule has 8 heteroatoms. The summed E-state index contributed by atoms with van der Waals surface area (Å²) in [6, 6.07) is 26.4. The summed E-state index contributed by atoms with van der Waals surface area (Å²) < 4.78 is 5.86. The maximum Gasteiger partial charge on any atom is 0.408 e. The van der Waals surface area contributed by atoms with E-state index in [-0.39, 0.29) is 25.0 Å². The zero-order chi connectivity index (χ0) is 29.3. The van der Waals surface area contributed by atoms with E-state index in [4.69, 9.17) is 4.74 Å². The lowest BCUT2D eigenvalue weighted by molar-refractivity contribution is -0.149. The monoisotopic (exact) mass is 567 g/mol. The molecule has 8 nitrogen and oxygen atoms in total. The first-order valence-electron chi connectivity index (χ1n) is 14.8. The standard InChI is InChI=1S/C34H37N3O5/c1-2-33(31(39)40)16-19-37(22-33)30(38)34(17-18-36(23-34)20-24-10-4-3-5-11-24)35-32(41)42-21-29-27-14-8-6-12-25(27)26-13-7-9-15-28(26)29/h3-15,29H,2,16-23H2,1H3,(H,35,41)(H,39,40). The fourth-order valence-corrected chi connectivity index (χ4v) is 6.99. The Morgan fingerprint density at radius 1 is 0.881 bits per heavy atom. The van der Waals surface area contributed by atoms with Gasteiger partial charge in [0, 0.05) is 38.6 Å². The molecule has 0 aromatic heterocycles. The van der Waals surface area contributed by atoms with Crippen molar-refractivity contribution in [3.05, 3.63) is 95.6 Å². The molecule has 3 aliphatic rings. The number of carbonyl (C=O) groups excluding carboxylic acids is 2. The highest BCUT2D eigenvalue weighted by Gasteiger charge is 2.52. The van der Waals surface area contributed by atoms with Gasteiger partial charge in [-0.1, -0.05) is 85.8 Å². The first-order valence-corrected chi connectivity index (χ1v) is 14.8. The molecule has 2 amide bonds. The number of hydrogen-bond donors (Lipinski definition) is 2. The number of carbonyl (C=O) groups is 3. The summed E-state index contributed by atoms with van der Waals surface area (Å²) in [5.74, 6) is -1.20. The van der Waals surface area contributed by atoms with Gasteiger partial charge in [0.15, 0.2) is 0 Å². The molecule has 6 rings (SSSR count). The second kappa shape index (κ2) is 11.2. The maximum absolute atomic E-state index is 14.2. The van der Waals surface area contributed by atoms with Crippen molar-refractivity contribution in [2.45, 2.75) is 44.2 Å². The van der Waals surface area contributed by atoms with Crippen molar-refractivity contribution < 1.29 is 24.2 Å². The van der Waals surface area contributed by atoms with Crippen molar-refractivity contribution in [1.29, 1.82) is 0 Å². The Hall–Kier alpha value is -4.17. The number of amides is 2. The molecule has 3 aromatic carbocycles. The molecule has 2 atom stereocenters. The van der Waals surface area contributed by atoms with E-state index in [1.54, 1.807) is 4.90 Å². The Balaban J connectivity index is 1.20. The number of rotatable bonds is 8. The van der Waals surface area contributed by atoms with Gasteiger partial charge >= 0.3 is 12.1 Å². The highest BCUT2D eigenvalue weighted by atomic mass is 16.5. The Kier molecular flexibility index (Phi) is 7.49. The number of nitrogens with zero attached hydrogens (tertiary/aromatic N) is 2. The minimum atomic E-state index is -1.19. The second-order valence-corrected chi connectivity index (χ2v) is 11.9.